The molecule has 0 fully saturated rings. The minimum absolute atomic E-state index is 0.00545. The van der Waals surface area contributed by atoms with Gasteiger partial charge in [0.05, 0.1) is 20.8 Å². The Morgan fingerprint density at radius 2 is 1.64 bits per heavy atom. The van der Waals surface area contributed by atoms with Crippen LogP contribution in [0.4, 0.5) is 16.3 Å². The van der Waals surface area contributed by atoms with Crippen LogP contribution in [0.25, 0.3) is 21.9 Å². The lowest BCUT2D eigenvalue weighted by Gasteiger charge is -2.27. The summed E-state index contributed by atoms with van der Waals surface area (Å²) < 4.78 is 10.1. The van der Waals surface area contributed by atoms with Gasteiger partial charge in [-0.25, -0.2) is 9.78 Å². The second-order valence-corrected chi connectivity index (χ2v) is 10.8. The van der Waals surface area contributed by atoms with Crippen molar-refractivity contribution < 1.29 is 19.1 Å². The van der Waals surface area contributed by atoms with Crippen molar-refractivity contribution in [2.45, 2.75) is 40.7 Å². The van der Waals surface area contributed by atoms with Gasteiger partial charge in [-0.2, -0.15) is 0 Å². The highest BCUT2D eigenvalue weighted by molar-refractivity contribution is 6.03. The molecule has 202 valence electrons. The standard InChI is InChI=1S/C32H35N3O4/c1-21-17-24(11-14-28(21)38-5)23-9-7-22(8-10-23)20-35(29(36)19-32(2,3)4)30-27-13-12-26(34-31(37)39-6)18-25(27)15-16-33-30/h7-18H,19-20H2,1-6H3,(H,34,37). The molecule has 0 spiro atoms. The Morgan fingerprint density at radius 1 is 0.923 bits per heavy atom. The molecule has 0 unspecified atom stereocenters. The number of pyridine rings is 1. The van der Waals surface area contributed by atoms with E-state index in [1.54, 1.807) is 24.3 Å². The second kappa shape index (κ2) is 11.6. The van der Waals surface area contributed by atoms with E-state index in [-0.39, 0.29) is 11.3 Å². The molecule has 0 saturated heterocycles. The fourth-order valence-corrected chi connectivity index (χ4v) is 4.50. The summed E-state index contributed by atoms with van der Waals surface area (Å²) in [6.45, 7) is 8.56. The van der Waals surface area contributed by atoms with Gasteiger partial charge in [-0.15, -0.1) is 0 Å². The van der Waals surface area contributed by atoms with Crippen LogP contribution in [0.1, 0.15) is 38.3 Å². The van der Waals surface area contributed by atoms with Gasteiger partial charge in [0.1, 0.15) is 11.6 Å². The Morgan fingerprint density at radius 3 is 2.28 bits per heavy atom. The number of hydrogen-bond acceptors (Lipinski definition) is 5. The highest BCUT2D eigenvalue weighted by Gasteiger charge is 2.25. The maximum atomic E-state index is 13.6. The van der Waals surface area contributed by atoms with Gasteiger partial charge in [0.25, 0.3) is 0 Å². The zero-order chi connectivity index (χ0) is 28.2. The number of anilines is 2. The molecule has 2 amide bonds. The quantitative estimate of drug-likeness (QED) is 0.272. The summed E-state index contributed by atoms with van der Waals surface area (Å²) >= 11 is 0. The zero-order valence-electron chi connectivity index (χ0n) is 23.4. The number of aryl methyl sites for hydroxylation is 1. The molecule has 0 aliphatic rings. The van der Waals surface area contributed by atoms with Crippen molar-refractivity contribution in [1.82, 2.24) is 4.98 Å². The summed E-state index contributed by atoms with van der Waals surface area (Å²) in [6.07, 6.45) is 1.52. The second-order valence-electron chi connectivity index (χ2n) is 10.8. The van der Waals surface area contributed by atoms with Gasteiger partial charge in [-0.3, -0.25) is 15.0 Å². The zero-order valence-corrected chi connectivity index (χ0v) is 23.4. The third-order valence-corrected chi connectivity index (χ3v) is 6.44. The molecule has 0 aliphatic heterocycles. The molecule has 7 nitrogen and oxygen atoms in total. The maximum absolute atomic E-state index is 13.6. The average Bonchev–Trinajstić information content (AvgIpc) is 2.90. The van der Waals surface area contributed by atoms with Crippen molar-refractivity contribution in [3.05, 3.63) is 84.1 Å². The van der Waals surface area contributed by atoms with E-state index < -0.39 is 6.09 Å². The molecule has 4 rings (SSSR count). The first-order chi connectivity index (χ1) is 18.6. The van der Waals surface area contributed by atoms with E-state index in [9.17, 15) is 9.59 Å². The van der Waals surface area contributed by atoms with E-state index in [1.807, 2.05) is 37.3 Å². The minimum Gasteiger partial charge on any atom is -0.496 e. The first-order valence-electron chi connectivity index (χ1n) is 12.9. The lowest BCUT2D eigenvalue weighted by Crippen LogP contribution is -2.34. The Bertz CT molecular complexity index is 1490. The fourth-order valence-electron chi connectivity index (χ4n) is 4.50. The van der Waals surface area contributed by atoms with Gasteiger partial charge in [-0.1, -0.05) is 51.1 Å². The van der Waals surface area contributed by atoms with Crippen LogP contribution in [0.5, 0.6) is 5.75 Å². The molecule has 3 aromatic carbocycles. The number of nitrogens with one attached hydrogen (secondary N) is 1. The molecule has 39 heavy (non-hydrogen) atoms. The van der Waals surface area contributed by atoms with Gasteiger partial charge >= 0.3 is 6.09 Å². The molecule has 4 aromatic rings. The number of methoxy groups -OCH3 is 2. The predicted octanol–water partition coefficient (Wildman–Crippen LogP) is 7.37. The van der Waals surface area contributed by atoms with Crippen LogP contribution >= 0.6 is 0 Å². The summed E-state index contributed by atoms with van der Waals surface area (Å²) in [5.41, 5.74) is 4.68. The molecule has 0 bridgehead atoms. The summed E-state index contributed by atoms with van der Waals surface area (Å²) in [5.74, 6) is 1.44. The van der Waals surface area contributed by atoms with E-state index in [0.29, 0.717) is 24.5 Å². The number of aromatic nitrogens is 1. The van der Waals surface area contributed by atoms with Crippen molar-refractivity contribution in [3.63, 3.8) is 0 Å². The lowest BCUT2D eigenvalue weighted by atomic mass is 9.91. The molecular weight excluding hydrogens is 490 g/mol. The maximum Gasteiger partial charge on any atom is 0.411 e. The highest BCUT2D eigenvalue weighted by Crippen LogP contribution is 2.31. The van der Waals surface area contributed by atoms with Crippen LogP contribution < -0.4 is 15.0 Å². The third kappa shape index (κ3) is 6.74. The molecule has 1 heterocycles. The van der Waals surface area contributed by atoms with E-state index in [0.717, 1.165) is 38.8 Å². The van der Waals surface area contributed by atoms with Crippen molar-refractivity contribution in [3.8, 4) is 16.9 Å². The largest absolute Gasteiger partial charge is 0.496 e. The topological polar surface area (TPSA) is 80.8 Å². The minimum atomic E-state index is -0.543. The molecule has 7 heteroatoms. The van der Waals surface area contributed by atoms with Gasteiger partial charge in [0.2, 0.25) is 5.91 Å². The SMILES string of the molecule is COC(=O)Nc1ccc2c(N(Cc3ccc(-c4ccc(OC)c(C)c4)cc3)C(=O)CC(C)(C)C)nccc2c1. The average molecular weight is 526 g/mol. The van der Waals surface area contributed by atoms with Crippen molar-refractivity contribution in [1.29, 1.82) is 0 Å². The summed E-state index contributed by atoms with van der Waals surface area (Å²) in [5, 5.41) is 4.36. The van der Waals surface area contributed by atoms with Crippen LogP contribution in [-0.4, -0.2) is 31.2 Å². The molecule has 0 saturated carbocycles. The number of carbonyl (C=O) groups is 2. The number of nitrogens with zero attached hydrogens (tertiary/aromatic N) is 2. The van der Waals surface area contributed by atoms with Crippen LogP contribution in [0.3, 0.4) is 0 Å². The van der Waals surface area contributed by atoms with Crippen LogP contribution in [0.2, 0.25) is 0 Å². The fraction of sp³-hybridized carbons (Fsp3) is 0.281. The van der Waals surface area contributed by atoms with Crippen molar-refractivity contribution >= 4 is 34.3 Å². The monoisotopic (exact) mass is 525 g/mol. The third-order valence-electron chi connectivity index (χ3n) is 6.44. The van der Waals surface area contributed by atoms with E-state index >= 15 is 0 Å². The van der Waals surface area contributed by atoms with E-state index in [4.69, 9.17) is 9.47 Å². The van der Waals surface area contributed by atoms with Crippen LogP contribution in [-0.2, 0) is 16.1 Å². The van der Waals surface area contributed by atoms with Gasteiger partial charge in [0.15, 0.2) is 0 Å². The molecule has 0 radical (unpaired) electrons. The van der Waals surface area contributed by atoms with Crippen LogP contribution in [0, 0.1) is 12.3 Å². The molecular formula is C32H35N3O4. The summed E-state index contributed by atoms with van der Waals surface area (Å²) in [6, 6.07) is 21.7. The molecule has 1 aromatic heterocycles. The normalized spacial score (nSPS) is 11.2. The smallest absolute Gasteiger partial charge is 0.411 e. The van der Waals surface area contributed by atoms with Crippen molar-refractivity contribution in [2.75, 3.05) is 24.4 Å². The van der Waals surface area contributed by atoms with Crippen molar-refractivity contribution in [2.24, 2.45) is 5.41 Å². The number of rotatable bonds is 7. The number of fused-ring (bicyclic) bond motifs is 1. The predicted molar refractivity (Wildman–Crippen MR) is 156 cm³/mol. The first-order valence-corrected chi connectivity index (χ1v) is 12.9. The number of ether oxygens (including phenoxy) is 2. The Kier molecular flexibility index (Phi) is 8.19. The molecule has 0 aliphatic carbocycles. The first kappa shape index (κ1) is 27.6. The molecule has 0 atom stereocenters. The number of amides is 2. The summed E-state index contributed by atoms with van der Waals surface area (Å²) in [7, 11) is 2.99. The number of benzene rings is 3. The molecule has 1 N–H and O–H groups in total. The Balaban J connectivity index is 1.67. The van der Waals surface area contributed by atoms with Gasteiger partial charge in [0, 0.05) is 23.7 Å². The van der Waals surface area contributed by atoms with Crippen LogP contribution in [0.15, 0.2) is 72.9 Å². The van der Waals surface area contributed by atoms with E-state index in [2.05, 4.69) is 61.4 Å². The Hall–Kier alpha value is -4.39. The number of carbonyl (C=O) groups excluding carboxylic acids is 2. The Labute approximate surface area is 229 Å². The number of hydrogen-bond donors (Lipinski definition) is 1. The lowest BCUT2D eigenvalue weighted by molar-refractivity contribution is -0.120. The van der Waals surface area contributed by atoms with E-state index in [1.165, 1.54) is 7.11 Å². The van der Waals surface area contributed by atoms with Gasteiger partial charge in [-0.05, 0) is 76.4 Å². The van der Waals surface area contributed by atoms with Gasteiger partial charge < -0.3 is 9.47 Å². The highest BCUT2D eigenvalue weighted by atomic mass is 16.5. The summed E-state index contributed by atoms with van der Waals surface area (Å²) in [4.78, 5) is 31.7.